The molecule has 0 aliphatic heterocycles. The number of anilines is 1. The second-order valence-corrected chi connectivity index (χ2v) is 7.02. The van der Waals surface area contributed by atoms with E-state index >= 15 is 0 Å². The fraction of sp³-hybridized carbons (Fsp3) is 0.118. The van der Waals surface area contributed by atoms with Crippen molar-refractivity contribution in [2.24, 2.45) is 0 Å². The summed E-state index contributed by atoms with van der Waals surface area (Å²) in [7, 11) is 0. The number of benzene rings is 1. The standard InChI is InChI=1S/C17H13ClN6O2S/c1-10-8-14(23-26-10)19-16(25)9-27-17-21-20-15-7-6-13(22-24(15)17)11-2-4-12(18)5-3-11/h2-8H,9H2,1H3,(H,19,23,25). The molecule has 0 bridgehead atoms. The van der Waals surface area contributed by atoms with Crippen molar-refractivity contribution in [3.05, 3.63) is 53.2 Å². The summed E-state index contributed by atoms with van der Waals surface area (Å²) in [5.41, 5.74) is 2.27. The van der Waals surface area contributed by atoms with E-state index in [2.05, 4.69) is 25.8 Å². The van der Waals surface area contributed by atoms with Crippen LogP contribution in [0.1, 0.15) is 5.76 Å². The maximum absolute atomic E-state index is 12.1. The van der Waals surface area contributed by atoms with E-state index in [1.807, 2.05) is 24.3 Å². The highest BCUT2D eigenvalue weighted by Crippen LogP contribution is 2.22. The van der Waals surface area contributed by atoms with Crippen molar-refractivity contribution in [2.75, 3.05) is 11.1 Å². The molecular weight excluding hydrogens is 388 g/mol. The summed E-state index contributed by atoms with van der Waals surface area (Å²) in [6.07, 6.45) is 0. The van der Waals surface area contributed by atoms with E-state index in [1.165, 1.54) is 11.8 Å². The lowest BCUT2D eigenvalue weighted by Gasteiger charge is -2.03. The van der Waals surface area contributed by atoms with Crippen LogP contribution in [0.3, 0.4) is 0 Å². The van der Waals surface area contributed by atoms with Crippen LogP contribution in [0, 0.1) is 6.92 Å². The normalized spacial score (nSPS) is 11.0. The fourth-order valence-electron chi connectivity index (χ4n) is 2.37. The number of carbonyl (C=O) groups is 1. The Kier molecular flexibility index (Phi) is 4.78. The maximum atomic E-state index is 12.1. The fourth-order valence-corrected chi connectivity index (χ4v) is 3.18. The van der Waals surface area contributed by atoms with E-state index in [4.69, 9.17) is 16.1 Å². The van der Waals surface area contributed by atoms with Gasteiger partial charge < -0.3 is 9.84 Å². The van der Waals surface area contributed by atoms with Crippen LogP contribution < -0.4 is 5.32 Å². The third-order valence-electron chi connectivity index (χ3n) is 3.60. The third-order valence-corrected chi connectivity index (χ3v) is 4.77. The van der Waals surface area contributed by atoms with Gasteiger partial charge in [0.1, 0.15) is 5.76 Å². The number of thioether (sulfide) groups is 1. The van der Waals surface area contributed by atoms with Gasteiger partial charge in [0.05, 0.1) is 11.4 Å². The quantitative estimate of drug-likeness (QED) is 0.512. The second kappa shape index (κ2) is 7.37. The summed E-state index contributed by atoms with van der Waals surface area (Å²) in [5.74, 6) is 0.922. The zero-order valence-electron chi connectivity index (χ0n) is 14.1. The van der Waals surface area contributed by atoms with Crippen molar-refractivity contribution in [2.45, 2.75) is 12.1 Å². The molecule has 0 atom stereocenters. The van der Waals surface area contributed by atoms with Crippen molar-refractivity contribution < 1.29 is 9.32 Å². The molecule has 4 rings (SSSR count). The lowest BCUT2D eigenvalue weighted by molar-refractivity contribution is -0.113. The first kappa shape index (κ1) is 17.5. The van der Waals surface area contributed by atoms with Crippen LogP contribution in [-0.4, -0.2) is 36.6 Å². The third kappa shape index (κ3) is 3.93. The van der Waals surface area contributed by atoms with Crippen molar-refractivity contribution in [1.29, 1.82) is 0 Å². The van der Waals surface area contributed by atoms with Crippen molar-refractivity contribution in [3.8, 4) is 11.3 Å². The van der Waals surface area contributed by atoms with Crippen LogP contribution in [0.4, 0.5) is 5.82 Å². The van der Waals surface area contributed by atoms with Crippen molar-refractivity contribution >= 4 is 40.7 Å². The van der Waals surface area contributed by atoms with Crippen LogP contribution in [0.5, 0.6) is 0 Å². The van der Waals surface area contributed by atoms with Gasteiger partial charge in [-0.05, 0) is 31.2 Å². The molecule has 0 saturated heterocycles. The maximum Gasteiger partial charge on any atom is 0.236 e. The zero-order chi connectivity index (χ0) is 18.8. The van der Waals surface area contributed by atoms with Gasteiger partial charge in [0, 0.05) is 16.7 Å². The molecule has 0 saturated carbocycles. The van der Waals surface area contributed by atoms with E-state index in [0.29, 0.717) is 27.4 Å². The number of fused-ring (bicyclic) bond motifs is 1. The molecule has 1 aromatic carbocycles. The summed E-state index contributed by atoms with van der Waals surface area (Å²) in [4.78, 5) is 12.1. The number of aromatic nitrogens is 5. The number of carbonyl (C=O) groups excluding carboxylic acids is 1. The Morgan fingerprint density at radius 1 is 1.22 bits per heavy atom. The molecule has 3 heterocycles. The van der Waals surface area contributed by atoms with Gasteiger partial charge in [0.2, 0.25) is 11.1 Å². The van der Waals surface area contributed by atoms with Crippen LogP contribution in [0.2, 0.25) is 5.02 Å². The molecule has 27 heavy (non-hydrogen) atoms. The number of rotatable bonds is 5. The summed E-state index contributed by atoms with van der Waals surface area (Å²) in [5, 5.41) is 20.3. The monoisotopic (exact) mass is 400 g/mol. The minimum Gasteiger partial charge on any atom is -0.360 e. The van der Waals surface area contributed by atoms with Gasteiger partial charge in [0.25, 0.3) is 0 Å². The van der Waals surface area contributed by atoms with Gasteiger partial charge in [-0.1, -0.05) is 40.7 Å². The van der Waals surface area contributed by atoms with Gasteiger partial charge in [-0.3, -0.25) is 4.79 Å². The molecular formula is C17H13ClN6O2S. The number of hydrogen-bond acceptors (Lipinski definition) is 7. The van der Waals surface area contributed by atoms with E-state index in [0.717, 1.165) is 11.3 Å². The van der Waals surface area contributed by atoms with Gasteiger partial charge in [-0.15, -0.1) is 10.2 Å². The lowest BCUT2D eigenvalue weighted by Crippen LogP contribution is -2.14. The van der Waals surface area contributed by atoms with Crippen molar-refractivity contribution in [3.63, 3.8) is 0 Å². The first-order valence-electron chi connectivity index (χ1n) is 7.93. The Labute approximate surface area is 162 Å². The SMILES string of the molecule is Cc1cc(NC(=O)CSc2nnc3ccc(-c4ccc(Cl)cc4)nn23)no1. The van der Waals surface area contributed by atoms with Gasteiger partial charge >= 0.3 is 0 Å². The highest BCUT2D eigenvalue weighted by molar-refractivity contribution is 7.99. The molecule has 10 heteroatoms. The molecule has 0 spiro atoms. The smallest absolute Gasteiger partial charge is 0.236 e. The first-order valence-corrected chi connectivity index (χ1v) is 9.29. The number of nitrogens with one attached hydrogen (secondary N) is 1. The highest BCUT2D eigenvalue weighted by atomic mass is 35.5. The van der Waals surface area contributed by atoms with E-state index in [1.54, 1.807) is 29.6 Å². The Morgan fingerprint density at radius 2 is 2.04 bits per heavy atom. The first-order chi connectivity index (χ1) is 13.1. The summed E-state index contributed by atoms with van der Waals surface area (Å²) in [6, 6.07) is 12.7. The Morgan fingerprint density at radius 3 is 2.78 bits per heavy atom. The van der Waals surface area contributed by atoms with Gasteiger partial charge in [-0.25, -0.2) is 0 Å². The van der Waals surface area contributed by atoms with E-state index in [-0.39, 0.29) is 11.7 Å². The molecule has 1 amide bonds. The van der Waals surface area contributed by atoms with E-state index in [9.17, 15) is 4.79 Å². The molecule has 0 aliphatic rings. The summed E-state index contributed by atoms with van der Waals surface area (Å²) in [6.45, 7) is 1.75. The zero-order valence-corrected chi connectivity index (χ0v) is 15.7. The summed E-state index contributed by atoms with van der Waals surface area (Å²) >= 11 is 7.17. The average Bonchev–Trinajstić information content (AvgIpc) is 3.26. The molecule has 0 radical (unpaired) electrons. The molecule has 3 aromatic heterocycles. The summed E-state index contributed by atoms with van der Waals surface area (Å²) < 4.78 is 6.53. The minimum absolute atomic E-state index is 0.138. The molecule has 0 aliphatic carbocycles. The Bertz CT molecular complexity index is 1110. The largest absolute Gasteiger partial charge is 0.360 e. The molecule has 1 N–H and O–H groups in total. The molecule has 4 aromatic rings. The Hall–Kier alpha value is -2.91. The number of nitrogens with zero attached hydrogens (tertiary/aromatic N) is 5. The average molecular weight is 401 g/mol. The van der Waals surface area contributed by atoms with Crippen LogP contribution in [-0.2, 0) is 4.79 Å². The van der Waals surface area contributed by atoms with Crippen LogP contribution in [0.25, 0.3) is 16.9 Å². The predicted octanol–water partition coefficient (Wildman–Crippen LogP) is 3.47. The Balaban J connectivity index is 1.50. The predicted molar refractivity (Wildman–Crippen MR) is 102 cm³/mol. The molecule has 0 unspecified atom stereocenters. The van der Waals surface area contributed by atoms with E-state index < -0.39 is 0 Å². The molecule has 136 valence electrons. The number of hydrogen-bond donors (Lipinski definition) is 1. The second-order valence-electron chi connectivity index (χ2n) is 5.64. The topological polar surface area (TPSA) is 98.2 Å². The minimum atomic E-state index is -0.223. The lowest BCUT2D eigenvalue weighted by atomic mass is 10.1. The molecule has 8 nitrogen and oxygen atoms in total. The number of aryl methyl sites for hydroxylation is 1. The van der Waals surface area contributed by atoms with Gasteiger partial charge in [-0.2, -0.15) is 9.61 Å². The number of amides is 1. The number of halogens is 1. The van der Waals surface area contributed by atoms with Crippen LogP contribution in [0.15, 0.2) is 52.1 Å². The van der Waals surface area contributed by atoms with Crippen molar-refractivity contribution in [1.82, 2.24) is 25.0 Å². The van der Waals surface area contributed by atoms with Gasteiger partial charge in [0.15, 0.2) is 11.5 Å². The highest BCUT2D eigenvalue weighted by Gasteiger charge is 2.13. The van der Waals surface area contributed by atoms with Crippen LogP contribution >= 0.6 is 23.4 Å². The molecule has 0 fully saturated rings.